The van der Waals surface area contributed by atoms with Gasteiger partial charge in [-0.25, -0.2) is 4.99 Å². The number of rotatable bonds is 2. The van der Waals surface area contributed by atoms with Gasteiger partial charge in [0, 0.05) is 17.3 Å². The SMILES string of the molecule is CN1C(=O)C(CS)[C@@](C)(c2sc(F)cc2Br)N=C1N. The molecule has 1 unspecified atom stereocenters. The van der Waals surface area contributed by atoms with E-state index in [0.29, 0.717) is 15.1 Å². The number of hydrogen-bond acceptors (Lipinski definition) is 5. The van der Waals surface area contributed by atoms with Crippen molar-refractivity contribution in [3.05, 3.63) is 20.5 Å². The summed E-state index contributed by atoms with van der Waals surface area (Å²) in [5.41, 5.74) is 4.88. The van der Waals surface area contributed by atoms with Crippen LogP contribution in [0.2, 0.25) is 0 Å². The summed E-state index contributed by atoms with van der Waals surface area (Å²) < 4.78 is 14.0. The summed E-state index contributed by atoms with van der Waals surface area (Å²) in [6.45, 7) is 1.78. The van der Waals surface area contributed by atoms with E-state index < -0.39 is 11.5 Å². The van der Waals surface area contributed by atoms with E-state index in [0.717, 1.165) is 11.3 Å². The Labute approximate surface area is 128 Å². The van der Waals surface area contributed by atoms with E-state index >= 15 is 0 Å². The van der Waals surface area contributed by atoms with Crippen molar-refractivity contribution in [2.45, 2.75) is 12.5 Å². The van der Waals surface area contributed by atoms with Crippen LogP contribution in [-0.4, -0.2) is 29.6 Å². The van der Waals surface area contributed by atoms with Crippen LogP contribution >= 0.6 is 39.9 Å². The highest BCUT2D eigenvalue weighted by Gasteiger charge is 2.47. The Morgan fingerprint density at radius 2 is 2.37 bits per heavy atom. The molecule has 4 nitrogen and oxygen atoms in total. The van der Waals surface area contributed by atoms with E-state index in [1.807, 2.05) is 0 Å². The van der Waals surface area contributed by atoms with Crippen LogP contribution in [0.15, 0.2) is 15.5 Å². The molecule has 1 aliphatic rings. The minimum atomic E-state index is -0.900. The standard InChI is InChI=1S/C11H13BrFN3OS2/c1-11(8-6(12)3-7(13)19-8)5(4-18)9(17)16(2)10(14)15-11/h3,5,18H,4H2,1-2H3,(H2,14,15)/t5?,11-/m0/s1. The fourth-order valence-corrected chi connectivity index (χ4v) is 4.56. The number of hydrogen-bond donors (Lipinski definition) is 2. The first kappa shape index (κ1) is 14.8. The Morgan fingerprint density at radius 1 is 1.74 bits per heavy atom. The van der Waals surface area contributed by atoms with Crippen molar-refractivity contribution in [2.75, 3.05) is 12.8 Å². The van der Waals surface area contributed by atoms with Crippen LogP contribution in [0.1, 0.15) is 11.8 Å². The van der Waals surface area contributed by atoms with E-state index in [1.165, 1.54) is 11.0 Å². The van der Waals surface area contributed by atoms with Crippen LogP contribution in [0, 0.1) is 11.0 Å². The molecular weight excluding hydrogens is 353 g/mol. The normalized spacial score (nSPS) is 27.6. The summed E-state index contributed by atoms with van der Waals surface area (Å²) in [5, 5.41) is -0.332. The second-order valence-electron chi connectivity index (χ2n) is 4.48. The van der Waals surface area contributed by atoms with Gasteiger partial charge in [-0.2, -0.15) is 17.0 Å². The van der Waals surface area contributed by atoms with Crippen molar-refractivity contribution in [3.63, 3.8) is 0 Å². The van der Waals surface area contributed by atoms with Crippen molar-refractivity contribution in [1.29, 1.82) is 0 Å². The molecular formula is C11H13BrFN3OS2. The molecule has 0 bridgehead atoms. The van der Waals surface area contributed by atoms with Gasteiger partial charge in [-0.1, -0.05) is 0 Å². The first-order valence-corrected chi connectivity index (χ1v) is 7.74. The molecule has 0 saturated carbocycles. The first-order chi connectivity index (χ1) is 8.81. The van der Waals surface area contributed by atoms with Crippen LogP contribution in [-0.2, 0) is 10.3 Å². The molecule has 1 amide bonds. The quantitative estimate of drug-likeness (QED) is 0.789. The molecule has 1 aromatic rings. The number of halogens is 2. The highest BCUT2D eigenvalue weighted by Crippen LogP contribution is 2.45. The van der Waals surface area contributed by atoms with E-state index in [9.17, 15) is 9.18 Å². The van der Waals surface area contributed by atoms with Crippen LogP contribution in [0.3, 0.4) is 0 Å². The Hall–Kier alpha value is -0.600. The maximum absolute atomic E-state index is 13.4. The van der Waals surface area contributed by atoms with E-state index in [2.05, 4.69) is 33.6 Å². The molecule has 2 atom stereocenters. The van der Waals surface area contributed by atoms with E-state index in [4.69, 9.17) is 5.73 Å². The van der Waals surface area contributed by atoms with Crippen LogP contribution < -0.4 is 5.73 Å². The molecule has 0 aliphatic carbocycles. The Bertz CT molecular complexity index is 562. The third kappa shape index (κ3) is 2.30. The molecule has 0 fully saturated rings. The fraction of sp³-hybridized carbons (Fsp3) is 0.455. The van der Waals surface area contributed by atoms with Gasteiger partial charge >= 0.3 is 0 Å². The van der Waals surface area contributed by atoms with Gasteiger partial charge in [0.05, 0.1) is 10.8 Å². The lowest BCUT2D eigenvalue weighted by Gasteiger charge is -2.39. The highest BCUT2D eigenvalue weighted by molar-refractivity contribution is 9.10. The van der Waals surface area contributed by atoms with E-state index in [-0.39, 0.29) is 17.0 Å². The third-order valence-electron chi connectivity index (χ3n) is 3.30. The lowest BCUT2D eigenvalue weighted by Crippen LogP contribution is -2.54. The largest absolute Gasteiger partial charge is 0.369 e. The van der Waals surface area contributed by atoms with Gasteiger partial charge in [-0.3, -0.25) is 9.69 Å². The molecule has 0 saturated heterocycles. The second-order valence-corrected chi connectivity index (χ2v) is 6.70. The molecule has 1 aliphatic heterocycles. The number of thiol groups is 1. The summed E-state index contributed by atoms with van der Waals surface area (Å²) >= 11 is 8.51. The van der Waals surface area contributed by atoms with Crippen molar-refractivity contribution < 1.29 is 9.18 Å². The number of carbonyl (C=O) groups excluding carboxylic acids is 1. The maximum atomic E-state index is 13.4. The van der Waals surface area contributed by atoms with Crippen molar-refractivity contribution in [1.82, 2.24) is 4.90 Å². The maximum Gasteiger partial charge on any atom is 0.235 e. The Balaban J connectivity index is 2.62. The van der Waals surface area contributed by atoms with Gasteiger partial charge in [-0.15, -0.1) is 11.3 Å². The van der Waals surface area contributed by atoms with Gasteiger partial charge in [0.15, 0.2) is 11.1 Å². The van der Waals surface area contributed by atoms with Crippen molar-refractivity contribution in [3.8, 4) is 0 Å². The number of carbonyl (C=O) groups is 1. The number of thiophene rings is 1. The fourth-order valence-electron chi connectivity index (χ4n) is 2.13. The topological polar surface area (TPSA) is 58.7 Å². The number of aliphatic imine (C=N–C) groups is 1. The predicted molar refractivity (Wildman–Crippen MR) is 81.1 cm³/mol. The molecule has 8 heteroatoms. The lowest BCUT2D eigenvalue weighted by atomic mass is 9.83. The van der Waals surface area contributed by atoms with Gasteiger partial charge in [0.1, 0.15) is 5.54 Å². The molecule has 2 N–H and O–H groups in total. The van der Waals surface area contributed by atoms with E-state index in [1.54, 1.807) is 14.0 Å². The molecule has 19 heavy (non-hydrogen) atoms. The number of nitrogens with zero attached hydrogens (tertiary/aromatic N) is 2. The van der Waals surface area contributed by atoms with Crippen molar-refractivity contribution in [2.24, 2.45) is 16.6 Å². The minimum Gasteiger partial charge on any atom is -0.369 e. The zero-order valence-electron chi connectivity index (χ0n) is 10.4. The second kappa shape index (κ2) is 5.06. The summed E-state index contributed by atoms with van der Waals surface area (Å²) in [7, 11) is 1.57. The number of guanidine groups is 1. The molecule has 0 spiro atoms. The molecule has 0 radical (unpaired) electrons. The average molecular weight is 366 g/mol. The molecule has 1 aromatic heterocycles. The van der Waals surface area contributed by atoms with Gasteiger partial charge in [-0.05, 0) is 28.9 Å². The Morgan fingerprint density at radius 3 is 2.84 bits per heavy atom. The van der Waals surface area contributed by atoms with Gasteiger partial charge < -0.3 is 5.73 Å². The molecule has 104 valence electrons. The first-order valence-electron chi connectivity index (χ1n) is 5.50. The van der Waals surface area contributed by atoms with Crippen LogP contribution in [0.25, 0.3) is 0 Å². The third-order valence-corrected chi connectivity index (χ3v) is 5.70. The minimum absolute atomic E-state index is 0.131. The highest BCUT2D eigenvalue weighted by atomic mass is 79.9. The molecule has 2 heterocycles. The summed E-state index contributed by atoms with van der Waals surface area (Å²) in [5.74, 6) is -0.206. The zero-order valence-corrected chi connectivity index (χ0v) is 13.7. The predicted octanol–water partition coefficient (Wildman–Crippen LogP) is 2.20. The number of nitrogens with two attached hydrogens (primary N) is 1. The van der Waals surface area contributed by atoms with Crippen LogP contribution in [0.5, 0.6) is 0 Å². The molecule has 2 rings (SSSR count). The summed E-state index contributed by atoms with van der Waals surface area (Å²) in [6.07, 6.45) is 0. The average Bonchev–Trinajstić information content (AvgIpc) is 2.67. The smallest absolute Gasteiger partial charge is 0.235 e. The van der Waals surface area contributed by atoms with Gasteiger partial charge in [0.2, 0.25) is 5.91 Å². The Kier molecular flexibility index (Phi) is 3.95. The van der Waals surface area contributed by atoms with Gasteiger partial charge in [0.25, 0.3) is 0 Å². The summed E-state index contributed by atoms with van der Waals surface area (Å²) in [4.78, 5) is 18.6. The number of amides is 1. The lowest BCUT2D eigenvalue weighted by molar-refractivity contribution is -0.133. The monoisotopic (exact) mass is 365 g/mol. The van der Waals surface area contributed by atoms with Crippen LogP contribution in [0.4, 0.5) is 4.39 Å². The van der Waals surface area contributed by atoms with Crippen molar-refractivity contribution >= 4 is 51.8 Å². The zero-order chi connectivity index (χ0) is 14.4. The summed E-state index contributed by atoms with van der Waals surface area (Å²) in [6, 6.07) is 1.37. The molecule has 0 aromatic carbocycles.